The lowest BCUT2D eigenvalue weighted by molar-refractivity contribution is -0.387. The lowest BCUT2D eigenvalue weighted by atomic mass is 10.1. The van der Waals surface area contributed by atoms with Gasteiger partial charge in [0, 0.05) is 17.5 Å². The molecule has 1 aliphatic rings. The number of nitro benzene ring substituents is 1. The standard InChI is InChI=1S/C16H20N4O4S2/c1-12-15(25-11-18-12)10-19(9-13-6-7-17-8-13)26(23,24)16-5-3-2-4-14(16)20(21)22/h2-5,11,13,17H,6-10H2,1H3. The Morgan fingerprint density at radius 1 is 1.42 bits per heavy atom. The minimum Gasteiger partial charge on any atom is -0.316 e. The second kappa shape index (κ2) is 7.78. The Morgan fingerprint density at radius 3 is 2.81 bits per heavy atom. The molecule has 2 heterocycles. The summed E-state index contributed by atoms with van der Waals surface area (Å²) in [7, 11) is -4.01. The zero-order chi connectivity index (χ0) is 18.7. The maximum absolute atomic E-state index is 13.3. The lowest BCUT2D eigenvalue weighted by Gasteiger charge is -2.24. The number of thiazole rings is 1. The Labute approximate surface area is 156 Å². The molecule has 0 saturated carbocycles. The van der Waals surface area contributed by atoms with E-state index in [-0.39, 0.29) is 17.4 Å². The molecule has 0 aliphatic carbocycles. The van der Waals surface area contributed by atoms with Crippen molar-refractivity contribution in [3.63, 3.8) is 0 Å². The summed E-state index contributed by atoms with van der Waals surface area (Å²) in [5.74, 6) is 0.181. The van der Waals surface area contributed by atoms with Crippen LogP contribution in [0.4, 0.5) is 5.69 Å². The molecular weight excluding hydrogens is 376 g/mol. The van der Waals surface area contributed by atoms with Crippen molar-refractivity contribution in [3.8, 4) is 0 Å². The fourth-order valence-corrected chi connectivity index (χ4v) is 5.52. The molecular formula is C16H20N4O4S2. The largest absolute Gasteiger partial charge is 0.316 e. The molecule has 0 bridgehead atoms. The van der Waals surface area contributed by atoms with Crippen molar-refractivity contribution < 1.29 is 13.3 Å². The van der Waals surface area contributed by atoms with Crippen molar-refractivity contribution in [3.05, 3.63) is 50.5 Å². The van der Waals surface area contributed by atoms with E-state index >= 15 is 0 Å². The van der Waals surface area contributed by atoms with Gasteiger partial charge in [0.05, 0.1) is 22.7 Å². The van der Waals surface area contributed by atoms with E-state index in [4.69, 9.17) is 0 Å². The number of aromatic nitrogens is 1. The number of para-hydroxylation sites is 1. The summed E-state index contributed by atoms with van der Waals surface area (Å²) in [4.78, 5) is 15.4. The van der Waals surface area contributed by atoms with Crippen LogP contribution in [-0.2, 0) is 16.6 Å². The molecule has 26 heavy (non-hydrogen) atoms. The van der Waals surface area contributed by atoms with Gasteiger partial charge >= 0.3 is 0 Å². The first-order valence-corrected chi connectivity index (χ1v) is 10.5. The fraction of sp³-hybridized carbons (Fsp3) is 0.438. The number of nitro groups is 1. The summed E-state index contributed by atoms with van der Waals surface area (Å²) in [6, 6.07) is 5.50. The monoisotopic (exact) mass is 396 g/mol. The average molecular weight is 396 g/mol. The van der Waals surface area contributed by atoms with Crippen molar-refractivity contribution in [1.82, 2.24) is 14.6 Å². The normalized spacial score (nSPS) is 17.7. The van der Waals surface area contributed by atoms with Gasteiger partial charge in [0.1, 0.15) is 0 Å². The van der Waals surface area contributed by atoms with Crippen molar-refractivity contribution in [1.29, 1.82) is 0 Å². The zero-order valence-electron chi connectivity index (χ0n) is 14.3. The molecule has 0 radical (unpaired) electrons. The van der Waals surface area contributed by atoms with Gasteiger partial charge in [-0.15, -0.1) is 11.3 Å². The van der Waals surface area contributed by atoms with E-state index in [2.05, 4.69) is 10.3 Å². The van der Waals surface area contributed by atoms with E-state index < -0.39 is 20.6 Å². The van der Waals surface area contributed by atoms with Gasteiger partial charge < -0.3 is 5.32 Å². The average Bonchev–Trinajstić information content (AvgIpc) is 3.26. The van der Waals surface area contributed by atoms with Crippen LogP contribution in [0.25, 0.3) is 0 Å². The van der Waals surface area contributed by atoms with Gasteiger partial charge in [-0.2, -0.15) is 4.31 Å². The third-order valence-corrected chi connectivity index (χ3v) is 7.25. The molecule has 1 unspecified atom stereocenters. The van der Waals surface area contributed by atoms with E-state index in [9.17, 15) is 18.5 Å². The molecule has 0 amide bonds. The second-order valence-corrected chi connectivity index (χ2v) is 9.09. The van der Waals surface area contributed by atoms with Crippen LogP contribution in [0, 0.1) is 23.0 Å². The summed E-state index contributed by atoms with van der Waals surface area (Å²) in [6.45, 7) is 3.91. The van der Waals surface area contributed by atoms with Crippen LogP contribution in [0.1, 0.15) is 17.0 Å². The van der Waals surface area contributed by atoms with Gasteiger partial charge in [0.2, 0.25) is 10.0 Å². The van der Waals surface area contributed by atoms with Gasteiger partial charge in [-0.25, -0.2) is 13.4 Å². The molecule has 140 valence electrons. The third-order valence-electron chi connectivity index (χ3n) is 4.47. The van der Waals surface area contributed by atoms with Crippen molar-refractivity contribution >= 4 is 27.0 Å². The molecule has 1 N–H and O–H groups in total. The smallest absolute Gasteiger partial charge is 0.289 e. The Hall–Kier alpha value is -1.88. The second-order valence-electron chi connectivity index (χ2n) is 6.24. The van der Waals surface area contributed by atoms with E-state index in [0.29, 0.717) is 6.54 Å². The van der Waals surface area contributed by atoms with Gasteiger partial charge in [-0.3, -0.25) is 10.1 Å². The Kier molecular flexibility index (Phi) is 5.66. The molecule has 8 nitrogen and oxygen atoms in total. The highest BCUT2D eigenvalue weighted by atomic mass is 32.2. The maximum atomic E-state index is 13.3. The number of sulfonamides is 1. The highest BCUT2D eigenvalue weighted by molar-refractivity contribution is 7.89. The quantitative estimate of drug-likeness (QED) is 0.568. The summed E-state index contributed by atoms with van der Waals surface area (Å²) in [5.41, 5.74) is 2.06. The summed E-state index contributed by atoms with van der Waals surface area (Å²) < 4.78 is 27.9. The van der Waals surface area contributed by atoms with E-state index in [1.54, 1.807) is 5.51 Å². The molecule has 1 aliphatic heterocycles. The molecule has 1 saturated heterocycles. The number of rotatable bonds is 7. The molecule has 1 aromatic heterocycles. The number of nitrogens with zero attached hydrogens (tertiary/aromatic N) is 3. The van der Waals surface area contributed by atoms with E-state index in [1.165, 1.54) is 39.9 Å². The Balaban J connectivity index is 1.99. The van der Waals surface area contributed by atoms with Gasteiger partial charge in [-0.05, 0) is 38.4 Å². The zero-order valence-corrected chi connectivity index (χ0v) is 15.9. The van der Waals surface area contributed by atoms with Crippen LogP contribution >= 0.6 is 11.3 Å². The first-order chi connectivity index (χ1) is 12.4. The van der Waals surface area contributed by atoms with Gasteiger partial charge in [0.25, 0.3) is 5.69 Å². The van der Waals surface area contributed by atoms with E-state index in [0.717, 1.165) is 30.1 Å². The fourth-order valence-electron chi connectivity index (χ4n) is 3.01. The van der Waals surface area contributed by atoms with Crippen LogP contribution in [-0.4, -0.2) is 42.3 Å². The van der Waals surface area contributed by atoms with Gasteiger partial charge in [-0.1, -0.05) is 12.1 Å². The van der Waals surface area contributed by atoms with Crippen LogP contribution in [0.5, 0.6) is 0 Å². The number of benzene rings is 1. The van der Waals surface area contributed by atoms with Crippen LogP contribution in [0.3, 0.4) is 0 Å². The number of hydrogen-bond acceptors (Lipinski definition) is 7. The highest BCUT2D eigenvalue weighted by Gasteiger charge is 2.34. The highest BCUT2D eigenvalue weighted by Crippen LogP contribution is 2.29. The lowest BCUT2D eigenvalue weighted by Crippen LogP contribution is -2.36. The first kappa shape index (κ1) is 18.9. The molecule has 2 aromatic rings. The van der Waals surface area contributed by atoms with Crippen LogP contribution < -0.4 is 5.32 Å². The minimum absolute atomic E-state index is 0.168. The molecule has 0 spiro atoms. The summed E-state index contributed by atoms with van der Waals surface area (Å²) in [6.07, 6.45) is 0.880. The Bertz CT molecular complexity index is 891. The molecule has 1 atom stereocenters. The summed E-state index contributed by atoms with van der Waals surface area (Å²) in [5, 5.41) is 14.5. The minimum atomic E-state index is -4.01. The number of nitrogens with one attached hydrogen (secondary N) is 1. The molecule has 1 fully saturated rings. The van der Waals surface area contributed by atoms with Gasteiger partial charge in [0.15, 0.2) is 4.90 Å². The van der Waals surface area contributed by atoms with E-state index in [1.807, 2.05) is 6.92 Å². The molecule has 10 heteroatoms. The number of hydrogen-bond donors (Lipinski definition) is 1. The predicted octanol–water partition coefficient (Wildman–Crippen LogP) is 2.16. The first-order valence-electron chi connectivity index (χ1n) is 8.23. The Morgan fingerprint density at radius 2 is 2.19 bits per heavy atom. The molecule has 3 rings (SSSR count). The summed E-state index contributed by atoms with van der Waals surface area (Å²) >= 11 is 1.39. The van der Waals surface area contributed by atoms with Crippen molar-refractivity contribution in [2.24, 2.45) is 5.92 Å². The number of aryl methyl sites for hydroxylation is 1. The van der Waals surface area contributed by atoms with Crippen LogP contribution in [0.2, 0.25) is 0 Å². The SMILES string of the molecule is Cc1ncsc1CN(CC1CCNC1)S(=O)(=O)c1ccccc1[N+](=O)[O-]. The maximum Gasteiger partial charge on any atom is 0.289 e. The van der Waals surface area contributed by atoms with Crippen molar-refractivity contribution in [2.45, 2.75) is 24.8 Å². The van der Waals surface area contributed by atoms with Crippen molar-refractivity contribution in [2.75, 3.05) is 19.6 Å². The molecule has 1 aromatic carbocycles. The van der Waals surface area contributed by atoms with Crippen LogP contribution in [0.15, 0.2) is 34.7 Å². The predicted molar refractivity (Wildman–Crippen MR) is 98.5 cm³/mol. The third kappa shape index (κ3) is 3.93. The topological polar surface area (TPSA) is 105 Å².